The highest BCUT2D eigenvalue weighted by atomic mass is 16.5. The first-order valence-electron chi connectivity index (χ1n) is 6.53. The average Bonchev–Trinajstić information content (AvgIpc) is 3.21. The summed E-state index contributed by atoms with van der Waals surface area (Å²) in [6, 6.07) is 8.61. The highest BCUT2D eigenvalue weighted by Crippen LogP contribution is 2.82. The molecule has 0 aliphatic heterocycles. The maximum atomic E-state index is 12.3. The molecule has 3 aliphatic rings. The molecule has 1 aromatic carbocycles. The summed E-state index contributed by atoms with van der Waals surface area (Å²) in [6.07, 6.45) is 3.35. The summed E-state index contributed by atoms with van der Waals surface area (Å²) in [4.78, 5) is 12.3. The van der Waals surface area contributed by atoms with E-state index in [0.717, 1.165) is 6.42 Å². The number of esters is 1. The molecule has 2 nitrogen and oxygen atoms in total. The van der Waals surface area contributed by atoms with Crippen LogP contribution in [-0.2, 0) is 14.9 Å². The highest BCUT2D eigenvalue weighted by Gasteiger charge is 2.81. The molecule has 88 valence electrons. The van der Waals surface area contributed by atoms with Gasteiger partial charge in [-0.25, -0.2) is 0 Å². The highest BCUT2D eigenvalue weighted by molar-refractivity contribution is 5.88. The van der Waals surface area contributed by atoms with Gasteiger partial charge in [-0.05, 0) is 37.3 Å². The summed E-state index contributed by atoms with van der Waals surface area (Å²) in [5.41, 5.74) is 2.83. The minimum Gasteiger partial charge on any atom is -0.466 e. The predicted molar refractivity (Wildman–Crippen MR) is 63.8 cm³/mol. The SMILES string of the molecule is CCOC(=O)C12CC1c1ccccc1C21CC1. The van der Waals surface area contributed by atoms with Crippen LogP contribution in [0.1, 0.15) is 43.2 Å². The van der Waals surface area contributed by atoms with Crippen molar-refractivity contribution in [2.75, 3.05) is 6.61 Å². The number of fused-ring (bicyclic) bond motifs is 5. The lowest BCUT2D eigenvalue weighted by molar-refractivity contribution is -0.151. The third-order valence-corrected chi connectivity index (χ3v) is 5.06. The Balaban J connectivity index is 1.83. The molecule has 0 aromatic heterocycles. The van der Waals surface area contributed by atoms with E-state index >= 15 is 0 Å². The van der Waals surface area contributed by atoms with Crippen LogP contribution in [0, 0.1) is 5.41 Å². The van der Waals surface area contributed by atoms with Crippen molar-refractivity contribution in [2.24, 2.45) is 5.41 Å². The molecular weight excluding hydrogens is 212 g/mol. The van der Waals surface area contributed by atoms with Gasteiger partial charge in [0.05, 0.1) is 12.0 Å². The maximum Gasteiger partial charge on any atom is 0.313 e. The number of ether oxygens (including phenoxy) is 1. The van der Waals surface area contributed by atoms with Crippen molar-refractivity contribution >= 4 is 5.97 Å². The van der Waals surface area contributed by atoms with Crippen molar-refractivity contribution < 1.29 is 9.53 Å². The van der Waals surface area contributed by atoms with Gasteiger partial charge in [-0.2, -0.15) is 0 Å². The summed E-state index contributed by atoms with van der Waals surface area (Å²) in [6.45, 7) is 2.40. The number of benzene rings is 1. The van der Waals surface area contributed by atoms with Gasteiger partial charge < -0.3 is 4.74 Å². The van der Waals surface area contributed by atoms with Gasteiger partial charge in [-0.3, -0.25) is 4.79 Å². The average molecular weight is 228 g/mol. The van der Waals surface area contributed by atoms with Gasteiger partial charge in [-0.1, -0.05) is 24.3 Å². The molecular formula is C15H16O2. The molecule has 2 unspecified atom stereocenters. The van der Waals surface area contributed by atoms with Crippen molar-refractivity contribution in [3.05, 3.63) is 35.4 Å². The number of carbonyl (C=O) groups is 1. The van der Waals surface area contributed by atoms with Gasteiger partial charge in [0.25, 0.3) is 0 Å². The van der Waals surface area contributed by atoms with E-state index in [1.165, 1.54) is 24.0 Å². The van der Waals surface area contributed by atoms with E-state index < -0.39 is 0 Å². The second-order valence-electron chi connectivity index (χ2n) is 5.62. The van der Waals surface area contributed by atoms with Gasteiger partial charge in [0.15, 0.2) is 0 Å². The second-order valence-corrected chi connectivity index (χ2v) is 5.62. The third-order valence-electron chi connectivity index (χ3n) is 5.06. The van der Waals surface area contributed by atoms with Crippen LogP contribution in [0.4, 0.5) is 0 Å². The largest absolute Gasteiger partial charge is 0.466 e. The first-order chi connectivity index (χ1) is 8.26. The van der Waals surface area contributed by atoms with Gasteiger partial charge in [0.2, 0.25) is 0 Å². The predicted octanol–water partition coefficient (Wildman–Crippen LogP) is 2.77. The summed E-state index contributed by atoms with van der Waals surface area (Å²) in [7, 11) is 0. The Labute approximate surface area is 101 Å². The molecule has 0 heterocycles. The van der Waals surface area contributed by atoms with Gasteiger partial charge >= 0.3 is 5.97 Å². The van der Waals surface area contributed by atoms with E-state index in [4.69, 9.17) is 4.74 Å². The van der Waals surface area contributed by atoms with Gasteiger partial charge in [0.1, 0.15) is 0 Å². The summed E-state index contributed by atoms with van der Waals surface area (Å²) >= 11 is 0. The van der Waals surface area contributed by atoms with Crippen LogP contribution in [0.3, 0.4) is 0 Å². The van der Waals surface area contributed by atoms with Gasteiger partial charge in [0, 0.05) is 11.3 Å². The van der Waals surface area contributed by atoms with E-state index in [-0.39, 0.29) is 16.8 Å². The van der Waals surface area contributed by atoms with Crippen molar-refractivity contribution in [3.8, 4) is 0 Å². The van der Waals surface area contributed by atoms with Crippen molar-refractivity contribution in [3.63, 3.8) is 0 Å². The number of hydrogen-bond donors (Lipinski definition) is 0. The zero-order valence-corrected chi connectivity index (χ0v) is 10.0. The van der Waals surface area contributed by atoms with Crippen molar-refractivity contribution in [1.82, 2.24) is 0 Å². The third kappa shape index (κ3) is 0.885. The monoisotopic (exact) mass is 228 g/mol. The zero-order chi connectivity index (χ0) is 11.7. The number of rotatable bonds is 2. The van der Waals surface area contributed by atoms with Crippen LogP contribution in [0.2, 0.25) is 0 Å². The topological polar surface area (TPSA) is 26.3 Å². The molecule has 3 aliphatic carbocycles. The van der Waals surface area contributed by atoms with E-state index in [9.17, 15) is 4.79 Å². The Hall–Kier alpha value is -1.31. The molecule has 1 aromatic rings. The molecule has 2 saturated carbocycles. The van der Waals surface area contributed by atoms with Crippen LogP contribution in [0.15, 0.2) is 24.3 Å². The Bertz CT molecular complexity index is 515. The molecule has 1 spiro atoms. The minimum atomic E-state index is -0.174. The Morgan fingerprint density at radius 2 is 2.18 bits per heavy atom. The minimum absolute atomic E-state index is 0.0544. The maximum absolute atomic E-state index is 12.3. The van der Waals surface area contributed by atoms with E-state index in [0.29, 0.717) is 12.5 Å². The Kier molecular flexibility index (Phi) is 1.56. The van der Waals surface area contributed by atoms with E-state index in [2.05, 4.69) is 24.3 Å². The molecule has 0 radical (unpaired) electrons. The lowest BCUT2D eigenvalue weighted by atomic mass is 9.83. The Morgan fingerprint density at radius 3 is 2.88 bits per heavy atom. The van der Waals surface area contributed by atoms with Crippen LogP contribution in [0.5, 0.6) is 0 Å². The lowest BCUT2D eigenvalue weighted by Crippen LogP contribution is -2.30. The summed E-state index contributed by atoms with van der Waals surface area (Å²) in [5, 5.41) is 0. The fourth-order valence-corrected chi connectivity index (χ4v) is 4.17. The molecule has 0 bridgehead atoms. The molecule has 2 atom stereocenters. The van der Waals surface area contributed by atoms with Crippen LogP contribution < -0.4 is 0 Å². The molecule has 0 saturated heterocycles. The molecule has 0 amide bonds. The fourth-order valence-electron chi connectivity index (χ4n) is 4.17. The van der Waals surface area contributed by atoms with Crippen LogP contribution in [-0.4, -0.2) is 12.6 Å². The zero-order valence-electron chi connectivity index (χ0n) is 10.0. The smallest absolute Gasteiger partial charge is 0.313 e. The van der Waals surface area contributed by atoms with Crippen molar-refractivity contribution in [1.29, 1.82) is 0 Å². The van der Waals surface area contributed by atoms with Crippen LogP contribution in [0.25, 0.3) is 0 Å². The number of hydrogen-bond acceptors (Lipinski definition) is 2. The molecule has 2 fully saturated rings. The second kappa shape index (κ2) is 2.74. The molecule has 2 heteroatoms. The summed E-state index contributed by atoms with van der Waals surface area (Å²) in [5.74, 6) is 0.499. The molecule has 4 rings (SSSR count). The molecule has 0 N–H and O–H groups in total. The fraction of sp³-hybridized carbons (Fsp3) is 0.533. The standard InChI is InChI=1S/C15H16O2/c1-2-17-13(16)15-9-12(15)10-5-3-4-6-11(10)14(15)7-8-14/h3-6,12H,2,7-9H2,1H3. The lowest BCUT2D eigenvalue weighted by Gasteiger charge is -2.22. The number of carbonyl (C=O) groups excluding carboxylic acids is 1. The normalized spacial score (nSPS) is 34.1. The van der Waals surface area contributed by atoms with E-state index in [1.54, 1.807) is 0 Å². The summed E-state index contributed by atoms with van der Waals surface area (Å²) < 4.78 is 5.34. The first kappa shape index (κ1) is 9.69. The van der Waals surface area contributed by atoms with Crippen LogP contribution >= 0.6 is 0 Å². The van der Waals surface area contributed by atoms with Gasteiger partial charge in [-0.15, -0.1) is 0 Å². The van der Waals surface area contributed by atoms with E-state index in [1.807, 2.05) is 6.92 Å². The Morgan fingerprint density at radius 1 is 1.41 bits per heavy atom. The quantitative estimate of drug-likeness (QED) is 0.727. The first-order valence-corrected chi connectivity index (χ1v) is 6.53. The molecule has 17 heavy (non-hydrogen) atoms. The van der Waals surface area contributed by atoms with Crippen molar-refractivity contribution in [2.45, 2.75) is 37.5 Å².